The van der Waals surface area contributed by atoms with Gasteiger partial charge < -0.3 is 4.74 Å². The molecular weight excluding hydrogens is 206 g/mol. The molecule has 0 amide bonds. The molecule has 1 aromatic carbocycles. The molecule has 82 valence electrons. The third kappa shape index (κ3) is 1.56. The first-order valence-electron chi connectivity index (χ1n) is 4.78. The summed E-state index contributed by atoms with van der Waals surface area (Å²) >= 11 is 0. The molecule has 0 radical (unpaired) electrons. The van der Waals surface area contributed by atoms with Gasteiger partial charge in [-0.3, -0.25) is 4.79 Å². The first kappa shape index (κ1) is 10.4. The number of hydrogen-bond donors (Lipinski definition) is 0. The Hall–Kier alpha value is -2.17. The molecule has 0 N–H and O–H groups in total. The lowest BCUT2D eigenvalue weighted by Gasteiger charge is -2.08. The normalized spacial score (nSPS) is 10.1. The molecule has 0 spiro atoms. The molecule has 1 aromatic heterocycles. The number of para-hydroxylation sites is 2. The van der Waals surface area contributed by atoms with Crippen LogP contribution < -0.4 is 4.74 Å². The van der Waals surface area contributed by atoms with Gasteiger partial charge in [-0.1, -0.05) is 17.3 Å². The lowest BCUT2D eigenvalue weighted by atomic mass is 10.3. The van der Waals surface area contributed by atoms with E-state index >= 15 is 0 Å². The third-order valence-corrected chi connectivity index (χ3v) is 2.36. The van der Waals surface area contributed by atoms with Crippen molar-refractivity contribution >= 4 is 6.29 Å². The molecule has 0 fully saturated rings. The number of methoxy groups -OCH3 is 1. The van der Waals surface area contributed by atoms with E-state index in [0.717, 1.165) is 5.69 Å². The monoisotopic (exact) mass is 217 g/mol. The second-order valence-electron chi connectivity index (χ2n) is 3.26. The SMILES string of the molecule is COc1ccccc1-n1nnc(C=O)c1C. The molecule has 0 bridgehead atoms. The Balaban J connectivity index is 2.58. The maximum atomic E-state index is 10.7. The maximum absolute atomic E-state index is 10.7. The van der Waals surface area contributed by atoms with Gasteiger partial charge in [0.25, 0.3) is 0 Å². The average Bonchev–Trinajstić information content (AvgIpc) is 2.70. The highest BCUT2D eigenvalue weighted by atomic mass is 16.5. The van der Waals surface area contributed by atoms with Gasteiger partial charge in [-0.05, 0) is 19.1 Å². The molecular formula is C11H11N3O2. The van der Waals surface area contributed by atoms with Gasteiger partial charge in [0.15, 0.2) is 6.29 Å². The van der Waals surface area contributed by atoms with Crippen molar-refractivity contribution in [1.29, 1.82) is 0 Å². The van der Waals surface area contributed by atoms with Crippen molar-refractivity contribution < 1.29 is 9.53 Å². The summed E-state index contributed by atoms with van der Waals surface area (Å²) in [5.41, 5.74) is 1.80. The van der Waals surface area contributed by atoms with Gasteiger partial charge in [0, 0.05) is 0 Å². The van der Waals surface area contributed by atoms with Gasteiger partial charge in [0.05, 0.1) is 12.8 Å². The molecule has 0 unspecified atom stereocenters. The summed E-state index contributed by atoms with van der Waals surface area (Å²) in [6.45, 7) is 1.79. The second-order valence-corrected chi connectivity index (χ2v) is 3.26. The Labute approximate surface area is 92.7 Å². The molecule has 5 heteroatoms. The number of rotatable bonds is 3. The maximum Gasteiger partial charge on any atom is 0.172 e. The van der Waals surface area contributed by atoms with Gasteiger partial charge in [0.1, 0.15) is 17.1 Å². The first-order chi connectivity index (χ1) is 7.77. The van der Waals surface area contributed by atoms with E-state index in [1.165, 1.54) is 0 Å². The molecule has 1 heterocycles. The Morgan fingerprint density at radius 2 is 2.12 bits per heavy atom. The standard InChI is InChI=1S/C11H11N3O2/c1-8-9(7-15)12-13-14(8)10-5-3-4-6-11(10)16-2/h3-7H,1-2H3. The second kappa shape index (κ2) is 4.14. The van der Waals surface area contributed by atoms with Crippen LogP contribution in [0.4, 0.5) is 0 Å². The van der Waals surface area contributed by atoms with E-state index in [1.54, 1.807) is 18.7 Å². The largest absolute Gasteiger partial charge is 0.494 e. The average molecular weight is 217 g/mol. The number of aromatic nitrogens is 3. The smallest absolute Gasteiger partial charge is 0.172 e. The number of aldehydes is 1. The van der Waals surface area contributed by atoms with Crippen LogP contribution in [0.25, 0.3) is 5.69 Å². The van der Waals surface area contributed by atoms with Gasteiger partial charge in [-0.15, -0.1) is 5.10 Å². The van der Waals surface area contributed by atoms with Crippen LogP contribution in [0.2, 0.25) is 0 Å². The van der Waals surface area contributed by atoms with Crippen LogP contribution in [0.5, 0.6) is 5.75 Å². The summed E-state index contributed by atoms with van der Waals surface area (Å²) in [5.74, 6) is 0.688. The fraction of sp³-hybridized carbons (Fsp3) is 0.182. The summed E-state index contributed by atoms with van der Waals surface area (Å²) in [5, 5.41) is 7.70. The quantitative estimate of drug-likeness (QED) is 0.729. The van der Waals surface area contributed by atoms with Crippen LogP contribution in [-0.4, -0.2) is 28.4 Å². The molecule has 0 aliphatic heterocycles. The van der Waals surface area contributed by atoms with Crippen LogP contribution in [-0.2, 0) is 0 Å². The van der Waals surface area contributed by atoms with Crippen LogP contribution in [0.1, 0.15) is 16.2 Å². The highest BCUT2D eigenvalue weighted by molar-refractivity contribution is 5.73. The van der Waals surface area contributed by atoms with Crippen molar-refractivity contribution in [2.24, 2.45) is 0 Å². The molecule has 0 atom stereocenters. The summed E-state index contributed by atoms with van der Waals surface area (Å²) < 4.78 is 6.81. The van der Waals surface area contributed by atoms with E-state index in [1.807, 2.05) is 24.3 Å². The zero-order valence-electron chi connectivity index (χ0n) is 9.04. The topological polar surface area (TPSA) is 57.0 Å². The lowest BCUT2D eigenvalue weighted by Crippen LogP contribution is -2.02. The summed E-state index contributed by atoms with van der Waals surface area (Å²) in [6.07, 6.45) is 0.689. The first-order valence-corrected chi connectivity index (χ1v) is 4.78. The Morgan fingerprint density at radius 1 is 1.38 bits per heavy atom. The Bertz CT molecular complexity index is 520. The number of nitrogens with zero attached hydrogens (tertiary/aromatic N) is 3. The number of ether oxygens (including phenoxy) is 1. The van der Waals surface area contributed by atoms with Crippen molar-refractivity contribution in [3.05, 3.63) is 35.7 Å². The van der Waals surface area contributed by atoms with E-state index in [4.69, 9.17) is 4.74 Å². The van der Waals surface area contributed by atoms with Crippen LogP contribution in [0, 0.1) is 6.92 Å². The van der Waals surface area contributed by atoms with E-state index in [2.05, 4.69) is 10.3 Å². The lowest BCUT2D eigenvalue weighted by molar-refractivity contribution is 0.111. The molecule has 5 nitrogen and oxygen atoms in total. The van der Waals surface area contributed by atoms with Crippen molar-refractivity contribution in [1.82, 2.24) is 15.0 Å². The zero-order chi connectivity index (χ0) is 11.5. The van der Waals surface area contributed by atoms with Crippen LogP contribution in [0.15, 0.2) is 24.3 Å². The van der Waals surface area contributed by atoms with Gasteiger partial charge in [-0.2, -0.15) is 0 Å². The van der Waals surface area contributed by atoms with Crippen molar-refractivity contribution in [2.45, 2.75) is 6.92 Å². The van der Waals surface area contributed by atoms with E-state index in [-0.39, 0.29) is 0 Å². The molecule has 16 heavy (non-hydrogen) atoms. The van der Waals surface area contributed by atoms with Crippen molar-refractivity contribution in [2.75, 3.05) is 7.11 Å². The predicted molar refractivity (Wildman–Crippen MR) is 58.0 cm³/mol. The van der Waals surface area contributed by atoms with Crippen LogP contribution in [0.3, 0.4) is 0 Å². The predicted octanol–water partition coefficient (Wildman–Crippen LogP) is 1.40. The Kier molecular flexibility index (Phi) is 2.68. The minimum atomic E-state index is 0.339. The van der Waals surface area contributed by atoms with E-state index < -0.39 is 0 Å². The van der Waals surface area contributed by atoms with E-state index in [0.29, 0.717) is 23.4 Å². The van der Waals surface area contributed by atoms with Crippen molar-refractivity contribution in [3.63, 3.8) is 0 Å². The summed E-state index contributed by atoms with van der Waals surface area (Å²) in [7, 11) is 1.59. The number of carbonyl (C=O) groups is 1. The highest BCUT2D eigenvalue weighted by Gasteiger charge is 2.12. The molecule has 0 saturated heterocycles. The zero-order valence-corrected chi connectivity index (χ0v) is 9.04. The minimum Gasteiger partial charge on any atom is -0.494 e. The molecule has 0 saturated carbocycles. The van der Waals surface area contributed by atoms with E-state index in [9.17, 15) is 4.79 Å². The van der Waals surface area contributed by atoms with Crippen molar-refractivity contribution in [3.8, 4) is 11.4 Å². The molecule has 2 rings (SSSR count). The Morgan fingerprint density at radius 3 is 2.75 bits per heavy atom. The van der Waals surface area contributed by atoms with Gasteiger partial charge in [0.2, 0.25) is 0 Å². The highest BCUT2D eigenvalue weighted by Crippen LogP contribution is 2.22. The third-order valence-electron chi connectivity index (χ3n) is 2.36. The fourth-order valence-corrected chi connectivity index (χ4v) is 1.48. The molecule has 0 aliphatic rings. The minimum absolute atomic E-state index is 0.339. The number of hydrogen-bond acceptors (Lipinski definition) is 4. The molecule has 0 aliphatic carbocycles. The van der Waals surface area contributed by atoms with Gasteiger partial charge in [-0.25, -0.2) is 4.68 Å². The number of benzene rings is 1. The molecule has 2 aromatic rings. The summed E-state index contributed by atoms with van der Waals surface area (Å²) in [4.78, 5) is 10.7. The fourth-order valence-electron chi connectivity index (χ4n) is 1.48. The summed E-state index contributed by atoms with van der Waals surface area (Å²) in [6, 6.07) is 7.43. The van der Waals surface area contributed by atoms with Gasteiger partial charge >= 0.3 is 0 Å². The van der Waals surface area contributed by atoms with Crippen LogP contribution >= 0.6 is 0 Å². The number of carbonyl (C=O) groups excluding carboxylic acids is 1.